The Morgan fingerprint density at radius 2 is 0.400 bits per heavy atom. The van der Waals surface area contributed by atoms with Crippen LogP contribution in [0.5, 0.6) is 0 Å². The number of hydrogen-bond acceptors (Lipinski definition) is 8. The molecule has 0 amide bonds. The van der Waals surface area contributed by atoms with Crippen molar-refractivity contribution in [2.45, 2.75) is 83.5 Å². The van der Waals surface area contributed by atoms with Gasteiger partial charge in [-0.3, -0.25) is 0 Å². The van der Waals surface area contributed by atoms with Crippen molar-refractivity contribution in [2.24, 2.45) is 0 Å². The lowest BCUT2D eigenvalue weighted by Crippen LogP contribution is -2.33. The molecule has 212 valence electrons. The van der Waals surface area contributed by atoms with Crippen molar-refractivity contribution in [1.82, 2.24) is 14.7 Å². The highest BCUT2D eigenvalue weighted by molar-refractivity contribution is 4.65. The molecule has 0 radical (unpaired) electrons. The zero-order chi connectivity index (χ0) is 25.8. The van der Waals surface area contributed by atoms with Crippen LogP contribution in [0.1, 0.15) is 83.5 Å². The Morgan fingerprint density at radius 3 is 0.600 bits per heavy atom. The summed E-state index contributed by atoms with van der Waals surface area (Å²) in [6, 6.07) is 0. The summed E-state index contributed by atoms with van der Waals surface area (Å²) in [6.07, 6.45) is 12.8. The van der Waals surface area contributed by atoms with E-state index in [1.807, 2.05) is 0 Å². The highest BCUT2D eigenvalue weighted by atomic mass is 16.3. The lowest BCUT2D eigenvalue weighted by atomic mass is 10.2. The van der Waals surface area contributed by atoms with Gasteiger partial charge in [0.2, 0.25) is 0 Å². The lowest BCUT2D eigenvalue weighted by molar-refractivity contribution is 0.195. The first-order chi connectivity index (χ1) is 17.2. The number of rotatable bonds is 29. The topological polar surface area (TPSA) is 111 Å². The van der Waals surface area contributed by atoms with E-state index in [1.54, 1.807) is 0 Å². The molecule has 0 unspecified atom stereocenters. The summed E-state index contributed by atoms with van der Waals surface area (Å²) >= 11 is 0. The molecule has 0 aromatic rings. The second-order valence-corrected chi connectivity index (χ2v) is 9.74. The smallest absolute Gasteiger partial charge is 0.0431 e. The molecule has 8 heteroatoms. The first-order valence-corrected chi connectivity index (χ1v) is 14.4. The molecule has 0 heterocycles. The molecule has 0 atom stereocenters. The van der Waals surface area contributed by atoms with E-state index in [0.717, 1.165) is 142 Å². The van der Waals surface area contributed by atoms with Crippen molar-refractivity contribution in [1.29, 1.82) is 0 Å². The molecule has 0 rings (SSSR count). The normalized spacial score (nSPS) is 12.0. The van der Waals surface area contributed by atoms with Crippen LogP contribution in [0.15, 0.2) is 0 Å². The maximum absolute atomic E-state index is 9.19. The molecule has 0 aliphatic carbocycles. The van der Waals surface area contributed by atoms with Gasteiger partial charge in [-0.1, -0.05) is 0 Å². The van der Waals surface area contributed by atoms with E-state index in [1.165, 1.54) is 0 Å². The number of aliphatic hydroxyl groups excluding tert-OH is 5. The first-order valence-electron chi connectivity index (χ1n) is 14.4. The van der Waals surface area contributed by atoms with Crippen LogP contribution in [0.3, 0.4) is 0 Å². The summed E-state index contributed by atoms with van der Waals surface area (Å²) in [4.78, 5) is 7.52. The highest BCUT2D eigenvalue weighted by Crippen LogP contribution is 2.07. The summed E-state index contributed by atoms with van der Waals surface area (Å²) in [5.74, 6) is 0. The average molecular weight is 506 g/mol. The second-order valence-electron chi connectivity index (χ2n) is 9.74. The zero-order valence-corrected chi connectivity index (χ0v) is 22.7. The summed E-state index contributed by atoms with van der Waals surface area (Å²) < 4.78 is 0. The molecular formula is C27H59N3O5. The maximum Gasteiger partial charge on any atom is 0.0431 e. The molecule has 0 saturated heterocycles. The van der Waals surface area contributed by atoms with Gasteiger partial charge in [0.25, 0.3) is 0 Å². The van der Waals surface area contributed by atoms with Crippen LogP contribution in [0.2, 0.25) is 0 Å². The predicted molar refractivity (Wildman–Crippen MR) is 145 cm³/mol. The van der Waals surface area contributed by atoms with Crippen LogP contribution in [-0.4, -0.2) is 132 Å². The number of aliphatic hydroxyl groups is 5. The summed E-state index contributed by atoms with van der Waals surface area (Å²) in [7, 11) is 0. The molecule has 5 N–H and O–H groups in total. The molecule has 0 saturated carbocycles. The predicted octanol–water partition coefficient (Wildman–Crippen LogP) is 1.93. The summed E-state index contributed by atoms with van der Waals surface area (Å²) in [5, 5.41) is 45.5. The highest BCUT2D eigenvalue weighted by Gasteiger charge is 2.10. The van der Waals surface area contributed by atoms with Gasteiger partial charge in [0.1, 0.15) is 0 Å². The van der Waals surface area contributed by atoms with Crippen LogP contribution in [-0.2, 0) is 0 Å². The molecule has 0 aliphatic rings. The van der Waals surface area contributed by atoms with Crippen LogP contribution in [0, 0.1) is 0 Å². The van der Waals surface area contributed by atoms with Crippen molar-refractivity contribution in [2.75, 3.05) is 91.9 Å². The molecule has 0 fully saturated rings. The molecule has 0 aromatic carbocycles. The summed E-state index contributed by atoms with van der Waals surface area (Å²) in [5.41, 5.74) is 0. The second kappa shape index (κ2) is 28.3. The standard InChI is InChI=1S/C27H59N3O5/c31-23-8-3-16-28(17-4-9-24-32)14-1-2-15-29(18-5-10-25-33)21-13-22-30(19-6-11-26-34)20-7-12-27-35/h31-35H,1-27H2. The minimum atomic E-state index is 0.253. The van der Waals surface area contributed by atoms with Crippen molar-refractivity contribution >= 4 is 0 Å². The van der Waals surface area contributed by atoms with Gasteiger partial charge >= 0.3 is 0 Å². The molecule has 35 heavy (non-hydrogen) atoms. The van der Waals surface area contributed by atoms with E-state index in [9.17, 15) is 5.11 Å². The quantitative estimate of drug-likeness (QED) is 0.0981. The van der Waals surface area contributed by atoms with Gasteiger partial charge in [-0.15, -0.1) is 0 Å². The Hall–Kier alpha value is -0.320. The van der Waals surface area contributed by atoms with E-state index in [4.69, 9.17) is 20.4 Å². The minimum absolute atomic E-state index is 0.253. The Kier molecular flexibility index (Phi) is 28.0. The van der Waals surface area contributed by atoms with Crippen molar-refractivity contribution < 1.29 is 25.5 Å². The van der Waals surface area contributed by atoms with Crippen molar-refractivity contribution in [3.8, 4) is 0 Å². The SMILES string of the molecule is OCCCCN(CCCCO)CCCCN(CCCCO)CCCN(CCCCO)CCCCO. The number of unbranched alkanes of at least 4 members (excludes halogenated alkanes) is 6. The third-order valence-corrected chi connectivity index (χ3v) is 6.56. The fraction of sp³-hybridized carbons (Fsp3) is 1.00. The van der Waals surface area contributed by atoms with Crippen LogP contribution in [0.25, 0.3) is 0 Å². The lowest BCUT2D eigenvalue weighted by Gasteiger charge is -2.27. The first kappa shape index (κ1) is 34.7. The van der Waals surface area contributed by atoms with Gasteiger partial charge in [-0.25, -0.2) is 0 Å². The van der Waals surface area contributed by atoms with E-state index < -0.39 is 0 Å². The molecular weight excluding hydrogens is 446 g/mol. The molecule has 8 nitrogen and oxygen atoms in total. The average Bonchev–Trinajstić information content (AvgIpc) is 2.86. The molecule has 0 aromatic heterocycles. The minimum Gasteiger partial charge on any atom is -0.396 e. The van der Waals surface area contributed by atoms with Gasteiger partial charge in [0.05, 0.1) is 0 Å². The largest absolute Gasteiger partial charge is 0.396 e. The Balaban J connectivity index is 4.46. The Morgan fingerprint density at radius 1 is 0.229 bits per heavy atom. The van der Waals surface area contributed by atoms with E-state index >= 15 is 0 Å². The van der Waals surface area contributed by atoms with Gasteiger partial charge in [0.15, 0.2) is 0 Å². The molecule has 0 bridgehead atoms. The molecule has 0 aliphatic heterocycles. The zero-order valence-electron chi connectivity index (χ0n) is 22.7. The van der Waals surface area contributed by atoms with Crippen LogP contribution >= 0.6 is 0 Å². The number of nitrogens with zero attached hydrogens (tertiary/aromatic N) is 3. The van der Waals surface area contributed by atoms with Crippen LogP contribution in [0.4, 0.5) is 0 Å². The Labute approximate surface area is 215 Å². The van der Waals surface area contributed by atoms with E-state index in [0.29, 0.717) is 0 Å². The number of hydrogen-bond donors (Lipinski definition) is 5. The Bertz CT molecular complexity index is 387. The van der Waals surface area contributed by atoms with Gasteiger partial charge in [0, 0.05) is 33.0 Å². The van der Waals surface area contributed by atoms with Crippen molar-refractivity contribution in [3.05, 3.63) is 0 Å². The van der Waals surface area contributed by atoms with Crippen molar-refractivity contribution in [3.63, 3.8) is 0 Å². The molecule has 0 spiro atoms. The fourth-order valence-electron chi connectivity index (χ4n) is 4.43. The van der Waals surface area contributed by atoms with E-state index in [2.05, 4.69) is 14.7 Å². The maximum atomic E-state index is 9.19. The van der Waals surface area contributed by atoms with E-state index in [-0.39, 0.29) is 33.0 Å². The third-order valence-electron chi connectivity index (χ3n) is 6.56. The van der Waals surface area contributed by atoms with Gasteiger partial charge < -0.3 is 40.2 Å². The van der Waals surface area contributed by atoms with Gasteiger partial charge in [-0.2, -0.15) is 0 Å². The summed E-state index contributed by atoms with van der Waals surface area (Å²) in [6.45, 7) is 10.7. The third kappa shape index (κ3) is 23.8. The van der Waals surface area contributed by atoms with Crippen LogP contribution < -0.4 is 0 Å². The monoisotopic (exact) mass is 505 g/mol. The van der Waals surface area contributed by atoms with Gasteiger partial charge in [-0.05, 0) is 142 Å². The fourth-order valence-corrected chi connectivity index (χ4v) is 4.43.